The molecule has 0 radical (unpaired) electrons. The van der Waals surface area contributed by atoms with Gasteiger partial charge in [-0.15, -0.1) is 0 Å². The SMILES string of the molecule is O=C1CCN(N2C(=O)c3ccc(CN4CCN(c5ccnc(Cl)c5F)CC4)cc3C2=O)C(=O)N1. The van der Waals surface area contributed by atoms with Crippen LogP contribution in [0.15, 0.2) is 30.5 Å². The number of hydrogen-bond acceptors (Lipinski definition) is 7. The van der Waals surface area contributed by atoms with Crippen LogP contribution in [0.25, 0.3) is 0 Å². The second-order valence-electron chi connectivity index (χ2n) is 8.23. The molecule has 1 N–H and O–H groups in total. The molecule has 1 aromatic carbocycles. The standard InChI is InChI=1S/C22H20ClFN6O4/c23-19-18(24)16(3-5-25-19)28-9-7-27(8-10-28)12-13-1-2-14-15(11-13)21(33)30(20(14)32)29-6-4-17(31)26-22(29)34/h1-3,5,11H,4,6-10,12H2,(H,26,31,34). The highest BCUT2D eigenvalue weighted by molar-refractivity contribution is 6.29. The average molecular weight is 487 g/mol. The van der Waals surface area contributed by atoms with Crippen LogP contribution in [0.4, 0.5) is 14.9 Å². The van der Waals surface area contributed by atoms with Crippen molar-refractivity contribution in [1.82, 2.24) is 25.2 Å². The first-order chi connectivity index (χ1) is 16.3. The third kappa shape index (κ3) is 3.86. The van der Waals surface area contributed by atoms with Gasteiger partial charge >= 0.3 is 6.03 Å². The summed E-state index contributed by atoms with van der Waals surface area (Å²) in [6, 6.07) is 5.84. The van der Waals surface area contributed by atoms with Crippen molar-refractivity contribution in [3.05, 3.63) is 58.1 Å². The van der Waals surface area contributed by atoms with Crippen molar-refractivity contribution in [3.63, 3.8) is 0 Å². The fraction of sp³-hybridized carbons (Fsp3) is 0.318. The molecule has 34 heavy (non-hydrogen) atoms. The van der Waals surface area contributed by atoms with Crippen LogP contribution in [0.3, 0.4) is 0 Å². The number of hydrogen-bond donors (Lipinski definition) is 1. The number of amides is 5. The fourth-order valence-electron chi connectivity index (χ4n) is 4.40. The van der Waals surface area contributed by atoms with E-state index in [2.05, 4.69) is 15.2 Å². The summed E-state index contributed by atoms with van der Waals surface area (Å²) >= 11 is 5.79. The van der Waals surface area contributed by atoms with E-state index in [9.17, 15) is 23.6 Å². The second-order valence-corrected chi connectivity index (χ2v) is 8.58. The fourth-order valence-corrected chi connectivity index (χ4v) is 4.55. The summed E-state index contributed by atoms with van der Waals surface area (Å²) in [5.74, 6) is -2.17. The van der Waals surface area contributed by atoms with Gasteiger partial charge in [0.1, 0.15) is 0 Å². The van der Waals surface area contributed by atoms with E-state index in [1.54, 1.807) is 24.3 Å². The molecule has 0 spiro atoms. The maximum atomic E-state index is 14.3. The van der Waals surface area contributed by atoms with Crippen molar-refractivity contribution in [2.24, 2.45) is 0 Å². The molecule has 0 atom stereocenters. The van der Waals surface area contributed by atoms with E-state index < -0.39 is 29.6 Å². The van der Waals surface area contributed by atoms with E-state index >= 15 is 0 Å². The Morgan fingerprint density at radius 3 is 2.44 bits per heavy atom. The Bertz CT molecular complexity index is 1220. The Labute approximate surface area is 198 Å². The molecular formula is C22H20ClFN6O4. The van der Waals surface area contributed by atoms with Crippen LogP contribution < -0.4 is 10.2 Å². The summed E-state index contributed by atoms with van der Waals surface area (Å²) in [6.45, 7) is 3.01. The van der Waals surface area contributed by atoms with Crippen molar-refractivity contribution >= 4 is 41.0 Å². The van der Waals surface area contributed by atoms with Crippen LogP contribution >= 0.6 is 11.6 Å². The maximum Gasteiger partial charge on any atom is 0.343 e. The van der Waals surface area contributed by atoms with Crippen molar-refractivity contribution in [2.75, 3.05) is 37.6 Å². The normalized spacial score (nSPS) is 19.1. The van der Waals surface area contributed by atoms with Crippen molar-refractivity contribution in [3.8, 4) is 0 Å². The number of carbonyl (C=O) groups excluding carboxylic acids is 4. The molecule has 10 nitrogen and oxygen atoms in total. The first-order valence-electron chi connectivity index (χ1n) is 10.7. The molecule has 12 heteroatoms. The smallest absolute Gasteiger partial charge is 0.343 e. The number of pyridine rings is 1. The zero-order valence-corrected chi connectivity index (χ0v) is 18.7. The molecule has 5 rings (SSSR count). The minimum absolute atomic E-state index is 0.00592. The van der Waals surface area contributed by atoms with Crippen LogP contribution in [0.1, 0.15) is 32.7 Å². The molecule has 2 aromatic rings. The van der Waals surface area contributed by atoms with Gasteiger partial charge in [0.2, 0.25) is 5.91 Å². The number of nitrogens with one attached hydrogen (secondary N) is 1. The van der Waals surface area contributed by atoms with Crippen LogP contribution in [0.5, 0.6) is 0 Å². The van der Waals surface area contributed by atoms with Gasteiger partial charge in [0.15, 0.2) is 11.0 Å². The lowest BCUT2D eigenvalue weighted by Crippen LogP contribution is -2.58. The minimum Gasteiger partial charge on any atom is -0.366 e. The van der Waals surface area contributed by atoms with Crippen LogP contribution in [-0.4, -0.2) is 76.4 Å². The number of nitrogens with zero attached hydrogens (tertiary/aromatic N) is 5. The maximum absolute atomic E-state index is 14.3. The van der Waals surface area contributed by atoms with Gasteiger partial charge in [0.25, 0.3) is 11.8 Å². The highest BCUT2D eigenvalue weighted by Gasteiger charge is 2.43. The highest BCUT2D eigenvalue weighted by atomic mass is 35.5. The number of carbonyl (C=O) groups is 4. The molecule has 1 aromatic heterocycles. The van der Waals surface area contributed by atoms with Gasteiger partial charge in [0, 0.05) is 45.3 Å². The predicted octanol–water partition coefficient (Wildman–Crippen LogP) is 1.65. The van der Waals surface area contributed by atoms with Gasteiger partial charge in [-0.3, -0.25) is 24.6 Å². The third-order valence-electron chi connectivity index (χ3n) is 6.15. The molecule has 5 amide bonds. The van der Waals surface area contributed by atoms with E-state index in [4.69, 9.17) is 11.6 Å². The summed E-state index contributed by atoms with van der Waals surface area (Å²) < 4.78 is 14.3. The summed E-state index contributed by atoms with van der Waals surface area (Å²) in [7, 11) is 0. The monoisotopic (exact) mass is 486 g/mol. The quantitative estimate of drug-likeness (QED) is 0.517. The molecule has 2 fully saturated rings. The lowest BCUT2D eigenvalue weighted by atomic mass is 10.1. The number of hydrazine groups is 1. The number of imide groups is 2. The second kappa shape index (κ2) is 8.65. The number of benzene rings is 1. The molecular weight excluding hydrogens is 467 g/mol. The van der Waals surface area contributed by atoms with Crippen molar-refractivity contribution in [1.29, 1.82) is 0 Å². The molecule has 0 bridgehead atoms. The Hall–Kier alpha value is -3.57. The summed E-state index contributed by atoms with van der Waals surface area (Å²) in [5.41, 5.74) is 1.70. The molecule has 3 aliphatic rings. The molecule has 176 valence electrons. The van der Waals surface area contributed by atoms with Crippen molar-refractivity contribution in [2.45, 2.75) is 13.0 Å². The number of fused-ring (bicyclic) bond motifs is 1. The lowest BCUT2D eigenvalue weighted by Gasteiger charge is -2.36. The zero-order valence-electron chi connectivity index (χ0n) is 18.0. The number of halogens is 2. The number of anilines is 1. The zero-order chi connectivity index (χ0) is 24.0. The van der Waals surface area contributed by atoms with Crippen molar-refractivity contribution < 1.29 is 23.6 Å². The van der Waals surface area contributed by atoms with Crippen LogP contribution in [0.2, 0.25) is 5.15 Å². The topological polar surface area (TPSA) is 106 Å². The van der Waals surface area contributed by atoms with Gasteiger partial charge in [0.05, 0.1) is 23.4 Å². The van der Waals surface area contributed by atoms with E-state index in [0.717, 1.165) is 15.6 Å². The molecule has 4 heterocycles. The Balaban J connectivity index is 1.26. The molecule has 2 saturated heterocycles. The van der Waals surface area contributed by atoms with Crippen LogP contribution in [-0.2, 0) is 11.3 Å². The summed E-state index contributed by atoms with van der Waals surface area (Å²) in [5, 5.41) is 3.73. The van der Waals surface area contributed by atoms with E-state index in [-0.39, 0.29) is 29.2 Å². The first kappa shape index (κ1) is 22.2. The lowest BCUT2D eigenvalue weighted by molar-refractivity contribution is -0.122. The molecule has 0 unspecified atom stereocenters. The molecule has 3 aliphatic heterocycles. The Morgan fingerprint density at radius 1 is 0.971 bits per heavy atom. The van der Waals surface area contributed by atoms with E-state index in [1.807, 2.05) is 4.90 Å². The Kier molecular flexibility index (Phi) is 5.66. The predicted molar refractivity (Wildman–Crippen MR) is 118 cm³/mol. The van der Waals surface area contributed by atoms with E-state index in [1.165, 1.54) is 6.20 Å². The first-order valence-corrected chi connectivity index (χ1v) is 11.1. The number of aromatic nitrogens is 1. The van der Waals surface area contributed by atoms with Gasteiger partial charge < -0.3 is 4.90 Å². The minimum atomic E-state index is -0.796. The highest BCUT2D eigenvalue weighted by Crippen LogP contribution is 2.28. The number of rotatable bonds is 4. The van der Waals surface area contributed by atoms with Gasteiger partial charge in [-0.1, -0.05) is 17.7 Å². The average Bonchev–Trinajstić information content (AvgIpc) is 3.06. The van der Waals surface area contributed by atoms with Crippen LogP contribution in [0, 0.1) is 5.82 Å². The third-order valence-corrected chi connectivity index (χ3v) is 6.41. The largest absolute Gasteiger partial charge is 0.366 e. The van der Waals surface area contributed by atoms with Gasteiger partial charge in [-0.2, -0.15) is 5.01 Å². The summed E-state index contributed by atoms with van der Waals surface area (Å²) in [4.78, 5) is 57.1. The Morgan fingerprint density at radius 2 is 1.71 bits per heavy atom. The van der Waals surface area contributed by atoms with Gasteiger partial charge in [-0.25, -0.2) is 19.2 Å². The molecule has 0 saturated carbocycles. The van der Waals surface area contributed by atoms with E-state index in [0.29, 0.717) is 38.4 Å². The summed E-state index contributed by atoms with van der Waals surface area (Å²) in [6.07, 6.45) is 1.48. The number of urea groups is 1. The number of piperazine rings is 1. The van der Waals surface area contributed by atoms with Gasteiger partial charge in [-0.05, 0) is 23.8 Å². The molecule has 0 aliphatic carbocycles.